The molecule has 0 saturated carbocycles. The number of methoxy groups -OCH3 is 1. The molecule has 0 atom stereocenters. The summed E-state index contributed by atoms with van der Waals surface area (Å²) in [5.41, 5.74) is 0.382. The number of benzene rings is 1. The standard InChI is InChI=1S/C11H9FO2S/c1-14-10(13)6-7-2-3-9-8(11(7)12)4-5-15-9/h2-5H,6H2,1H3. The number of carbonyl (C=O) groups is 1. The van der Waals surface area contributed by atoms with E-state index in [4.69, 9.17) is 0 Å². The van der Waals surface area contributed by atoms with Gasteiger partial charge in [0.05, 0.1) is 13.5 Å². The Morgan fingerprint density at radius 2 is 2.27 bits per heavy atom. The molecule has 0 aliphatic rings. The number of hydrogen-bond donors (Lipinski definition) is 0. The first-order valence-electron chi connectivity index (χ1n) is 4.44. The van der Waals surface area contributed by atoms with Gasteiger partial charge in [0.25, 0.3) is 0 Å². The summed E-state index contributed by atoms with van der Waals surface area (Å²) in [5.74, 6) is -0.748. The molecular weight excluding hydrogens is 215 g/mol. The molecule has 2 nitrogen and oxygen atoms in total. The summed E-state index contributed by atoms with van der Waals surface area (Å²) in [5, 5.41) is 2.40. The van der Waals surface area contributed by atoms with Crippen LogP contribution in [-0.2, 0) is 16.0 Å². The van der Waals surface area contributed by atoms with Crippen molar-refractivity contribution in [3.8, 4) is 0 Å². The lowest BCUT2D eigenvalue weighted by Gasteiger charge is -2.02. The molecule has 2 aromatic rings. The summed E-state index contributed by atoms with van der Waals surface area (Å²) in [6.07, 6.45) is -0.0197. The maximum atomic E-state index is 13.8. The van der Waals surface area contributed by atoms with Crippen LogP contribution in [0.1, 0.15) is 5.56 Å². The molecule has 0 aliphatic carbocycles. The van der Waals surface area contributed by atoms with Crippen molar-refractivity contribution in [2.75, 3.05) is 7.11 Å². The Morgan fingerprint density at radius 1 is 1.47 bits per heavy atom. The third kappa shape index (κ3) is 1.85. The normalized spacial score (nSPS) is 10.5. The Bertz CT molecular complexity index is 504. The molecule has 0 saturated heterocycles. The van der Waals surface area contributed by atoms with Crippen LogP contribution >= 0.6 is 11.3 Å². The molecule has 1 heterocycles. The maximum Gasteiger partial charge on any atom is 0.310 e. The van der Waals surface area contributed by atoms with Crippen LogP contribution in [0.2, 0.25) is 0 Å². The van der Waals surface area contributed by atoms with Gasteiger partial charge in [0.15, 0.2) is 0 Å². The molecule has 0 spiro atoms. The van der Waals surface area contributed by atoms with Gasteiger partial charge < -0.3 is 4.74 Å². The first kappa shape index (κ1) is 10.1. The first-order valence-corrected chi connectivity index (χ1v) is 5.31. The lowest BCUT2D eigenvalue weighted by Crippen LogP contribution is -2.06. The van der Waals surface area contributed by atoms with E-state index in [1.165, 1.54) is 18.4 Å². The fourth-order valence-electron chi connectivity index (χ4n) is 1.42. The van der Waals surface area contributed by atoms with Crippen LogP contribution in [0.4, 0.5) is 4.39 Å². The van der Waals surface area contributed by atoms with Gasteiger partial charge in [-0.3, -0.25) is 4.79 Å². The summed E-state index contributed by atoms with van der Waals surface area (Å²) in [7, 11) is 1.29. The lowest BCUT2D eigenvalue weighted by molar-refractivity contribution is -0.139. The van der Waals surface area contributed by atoms with E-state index in [9.17, 15) is 9.18 Å². The molecule has 0 aliphatic heterocycles. The van der Waals surface area contributed by atoms with Crippen molar-refractivity contribution >= 4 is 27.4 Å². The minimum Gasteiger partial charge on any atom is -0.469 e. The predicted octanol–water partition coefficient (Wildman–Crippen LogP) is 2.76. The van der Waals surface area contributed by atoms with E-state index in [2.05, 4.69) is 4.74 Å². The third-order valence-electron chi connectivity index (χ3n) is 2.21. The molecule has 0 radical (unpaired) electrons. The quantitative estimate of drug-likeness (QED) is 0.733. The van der Waals surface area contributed by atoms with Crippen molar-refractivity contribution in [3.05, 3.63) is 35.0 Å². The fourth-order valence-corrected chi connectivity index (χ4v) is 2.20. The van der Waals surface area contributed by atoms with Gasteiger partial charge in [-0.1, -0.05) is 6.07 Å². The van der Waals surface area contributed by atoms with Crippen molar-refractivity contribution in [1.29, 1.82) is 0 Å². The molecule has 1 aromatic heterocycles. The van der Waals surface area contributed by atoms with Crippen LogP contribution in [-0.4, -0.2) is 13.1 Å². The Balaban J connectivity index is 2.43. The number of thiophene rings is 1. The van der Waals surface area contributed by atoms with Crippen LogP contribution in [0, 0.1) is 5.82 Å². The molecule has 0 N–H and O–H groups in total. The molecule has 0 fully saturated rings. The molecule has 4 heteroatoms. The second kappa shape index (κ2) is 3.98. The molecular formula is C11H9FO2S. The highest BCUT2D eigenvalue weighted by Crippen LogP contribution is 2.26. The average molecular weight is 224 g/mol. The van der Waals surface area contributed by atoms with E-state index >= 15 is 0 Å². The Labute approximate surface area is 90.3 Å². The van der Waals surface area contributed by atoms with Crippen LogP contribution in [0.5, 0.6) is 0 Å². The second-order valence-electron chi connectivity index (χ2n) is 3.12. The van der Waals surface area contributed by atoms with Crippen molar-refractivity contribution in [2.45, 2.75) is 6.42 Å². The number of carbonyl (C=O) groups excluding carboxylic acids is 1. The number of esters is 1. The van der Waals surface area contributed by atoms with E-state index in [-0.39, 0.29) is 12.2 Å². The van der Waals surface area contributed by atoms with E-state index in [0.717, 1.165) is 4.70 Å². The van der Waals surface area contributed by atoms with Gasteiger partial charge in [-0.2, -0.15) is 0 Å². The van der Waals surface area contributed by atoms with Crippen molar-refractivity contribution in [1.82, 2.24) is 0 Å². The summed E-state index contributed by atoms with van der Waals surface area (Å²) in [6.45, 7) is 0. The van der Waals surface area contributed by atoms with Gasteiger partial charge in [-0.25, -0.2) is 4.39 Å². The maximum absolute atomic E-state index is 13.8. The zero-order valence-electron chi connectivity index (χ0n) is 8.12. The fraction of sp³-hybridized carbons (Fsp3) is 0.182. The minimum absolute atomic E-state index is 0.0197. The van der Waals surface area contributed by atoms with Gasteiger partial charge in [-0.15, -0.1) is 11.3 Å². The van der Waals surface area contributed by atoms with Crippen LogP contribution < -0.4 is 0 Å². The van der Waals surface area contributed by atoms with E-state index in [0.29, 0.717) is 10.9 Å². The van der Waals surface area contributed by atoms with Gasteiger partial charge in [-0.05, 0) is 23.1 Å². The molecule has 2 rings (SSSR count). The topological polar surface area (TPSA) is 26.3 Å². The molecule has 0 amide bonds. The smallest absolute Gasteiger partial charge is 0.310 e. The monoisotopic (exact) mass is 224 g/mol. The zero-order chi connectivity index (χ0) is 10.8. The Morgan fingerprint density at radius 3 is 3.00 bits per heavy atom. The van der Waals surface area contributed by atoms with Crippen LogP contribution in [0.15, 0.2) is 23.6 Å². The summed E-state index contributed by atoms with van der Waals surface area (Å²) in [4.78, 5) is 11.0. The highest BCUT2D eigenvalue weighted by molar-refractivity contribution is 7.17. The van der Waals surface area contributed by atoms with Crippen LogP contribution in [0.25, 0.3) is 10.1 Å². The van der Waals surface area contributed by atoms with Gasteiger partial charge in [0.2, 0.25) is 0 Å². The Kier molecular flexibility index (Phi) is 2.68. The van der Waals surface area contributed by atoms with E-state index in [1.807, 2.05) is 11.4 Å². The molecule has 0 unspecified atom stereocenters. The van der Waals surface area contributed by atoms with Gasteiger partial charge in [0, 0.05) is 10.1 Å². The van der Waals surface area contributed by atoms with Gasteiger partial charge in [0.1, 0.15) is 5.82 Å². The first-order chi connectivity index (χ1) is 7.22. The summed E-state index contributed by atoms with van der Waals surface area (Å²) >= 11 is 1.48. The molecule has 1 aromatic carbocycles. The largest absolute Gasteiger partial charge is 0.469 e. The van der Waals surface area contributed by atoms with Crippen molar-refractivity contribution < 1.29 is 13.9 Å². The average Bonchev–Trinajstić information content (AvgIpc) is 2.70. The number of hydrogen-bond acceptors (Lipinski definition) is 3. The van der Waals surface area contributed by atoms with Crippen LogP contribution in [0.3, 0.4) is 0 Å². The minimum atomic E-state index is -0.427. The highest BCUT2D eigenvalue weighted by atomic mass is 32.1. The summed E-state index contributed by atoms with van der Waals surface area (Å²) < 4.78 is 19.2. The van der Waals surface area contributed by atoms with E-state index in [1.54, 1.807) is 12.1 Å². The number of rotatable bonds is 2. The Hall–Kier alpha value is -1.42. The number of halogens is 1. The highest BCUT2D eigenvalue weighted by Gasteiger charge is 2.11. The molecule has 0 bridgehead atoms. The van der Waals surface area contributed by atoms with Crippen molar-refractivity contribution in [3.63, 3.8) is 0 Å². The van der Waals surface area contributed by atoms with E-state index < -0.39 is 5.97 Å². The zero-order valence-corrected chi connectivity index (χ0v) is 8.94. The summed E-state index contributed by atoms with van der Waals surface area (Å²) in [6, 6.07) is 5.17. The SMILES string of the molecule is COC(=O)Cc1ccc2sccc2c1F. The van der Waals surface area contributed by atoms with Crippen molar-refractivity contribution in [2.24, 2.45) is 0 Å². The van der Waals surface area contributed by atoms with Gasteiger partial charge >= 0.3 is 5.97 Å². The third-order valence-corrected chi connectivity index (χ3v) is 3.09. The number of ether oxygens (including phenoxy) is 1. The number of fused-ring (bicyclic) bond motifs is 1. The predicted molar refractivity (Wildman–Crippen MR) is 57.5 cm³/mol. The lowest BCUT2D eigenvalue weighted by atomic mass is 10.1. The molecule has 78 valence electrons. The molecule has 15 heavy (non-hydrogen) atoms. The second-order valence-corrected chi connectivity index (χ2v) is 4.07.